The summed E-state index contributed by atoms with van der Waals surface area (Å²) in [6.45, 7) is 17.8. The molecule has 2 aromatic heterocycles. The van der Waals surface area contributed by atoms with Gasteiger partial charge in [-0.15, -0.1) is 13.2 Å². The number of fused-ring (bicyclic) bond motifs is 3. The van der Waals surface area contributed by atoms with Gasteiger partial charge in [-0.25, -0.2) is 0 Å². The van der Waals surface area contributed by atoms with Crippen molar-refractivity contribution in [2.24, 2.45) is 10.9 Å². The fourth-order valence-electron chi connectivity index (χ4n) is 8.06. The molecule has 4 nitrogen and oxygen atoms in total. The van der Waals surface area contributed by atoms with Crippen molar-refractivity contribution in [1.29, 1.82) is 0 Å². The van der Waals surface area contributed by atoms with Crippen LogP contribution in [0.15, 0.2) is 158 Å². The summed E-state index contributed by atoms with van der Waals surface area (Å²) >= 11 is 0. The second kappa shape index (κ2) is 18.1. The molecule has 0 saturated carbocycles. The van der Waals surface area contributed by atoms with Crippen molar-refractivity contribution < 1.29 is 0 Å². The Hall–Kier alpha value is -5.97. The average molecular weight is 733 g/mol. The van der Waals surface area contributed by atoms with Crippen LogP contribution in [0.1, 0.15) is 79.4 Å². The summed E-state index contributed by atoms with van der Waals surface area (Å²) in [5, 5.41) is 10.6. The molecule has 1 aliphatic heterocycles. The summed E-state index contributed by atoms with van der Waals surface area (Å²) in [4.78, 5) is 14.3. The number of hydrogen-bond acceptors (Lipinski definition) is 4. The maximum absolute atomic E-state index is 5.15. The number of rotatable bonds is 14. The quantitative estimate of drug-likeness (QED) is 0.0703. The van der Waals surface area contributed by atoms with E-state index in [-0.39, 0.29) is 23.9 Å². The Morgan fingerprint density at radius 1 is 0.893 bits per heavy atom. The van der Waals surface area contributed by atoms with E-state index in [1.165, 1.54) is 43.8 Å². The van der Waals surface area contributed by atoms with E-state index in [1.807, 2.05) is 49.7 Å². The summed E-state index contributed by atoms with van der Waals surface area (Å²) in [5.41, 5.74) is 7.90. The Morgan fingerprint density at radius 3 is 2.41 bits per heavy atom. The lowest BCUT2D eigenvalue weighted by Crippen LogP contribution is -2.31. The predicted octanol–water partition coefficient (Wildman–Crippen LogP) is 10.9. The van der Waals surface area contributed by atoms with Crippen molar-refractivity contribution >= 4 is 51.6 Å². The van der Waals surface area contributed by atoms with Gasteiger partial charge in [0.25, 0.3) is 0 Å². The van der Waals surface area contributed by atoms with E-state index in [4.69, 9.17) is 4.99 Å². The number of aromatic nitrogens is 2. The van der Waals surface area contributed by atoms with E-state index in [1.54, 1.807) is 0 Å². The van der Waals surface area contributed by atoms with Gasteiger partial charge in [0.15, 0.2) is 0 Å². The molecule has 0 spiro atoms. The van der Waals surface area contributed by atoms with Crippen LogP contribution < -0.4 is 15.9 Å². The number of allylic oxidation sites excluding steroid dienone is 8. The molecule has 0 amide bonds. The molecule has 4 heteroatoms. The van der Waals surface area contributed by atoms with Gasteiger partial charge in [-0.3, -0.25) is 15.0 Å². The molecule has 1 N–H and O–H groups in total. The van der Waals surface area contributed by atoms with Crippen LogP contribution in [0.25, 0.3) is 45.8 Å². The van der Waals surface area contributed by atoms with Crippen molar-refractivity contribution in [2.75, 3.05) is 6.54 Å². The first kappa shape index (κ1) is 38.3. The smallest absolute Gasteiger partial charge is 0.0881 e. The zero-order valence-electron chi connectivity index (χ0n) is 32.7. The fraction of sp³-hybridized carbons (Fsp3) is 0.212. The van der Waals surface area contributed by atoms with Gasteiger partial charge in [0.2, 0.25) is 0 Å². The molecule has 5 aromatic rings. The SMILES string of the molecule is C=C[C@H](c1ccc2c(ccc3cc([C@@H](C=C)NCC/C=C\c4cnc(=C)/c(=C\C=C/C)c4C4=CCCC=C4)ccc32)c1)C(C)C1CC=CC(c2ccccn2)=N1. The standard InChI is InChI=1S/C52H52N4/c1-6-9-21-45-37(5)55-35-43(52(45)38-18-11-10-12-19-38)20-13-15-31-53-48(8-3)42-28-30-47-41(34-42)26-25-40-33-39(27-29-46(40)47)44(7-2)36(4)49-23-17-24-51(56-49)50-22-14-16-32-54-50/h6-9,11,13-14,16-22,24-30,32-36,44,48-49,53H,2-3,5,10,12,15,23,31H2,1,4H3/b9-6-,20-13-,45-21+/t36?,44-,48+,49?/m0/s1. The Kier molecular flexibility index (Phi) is 12.4. The summed E-state index contributed by atoms with van der Waals surface area (Å²) in [6, 6.07) is 24.4. The number of nitrogens with zero attached hydrogens (tertiary/aromatic N) is 3. The van der Waals surface area contributed by atoms with Crippen LogP contribution in [0.3, 0.4) is 0 Å². The van der Waals surface area contributed by atoms with Gasteiger partial charge in [-0.05, 0) is 113 Å². The van der Waals surface area contributed by atoms with Gasteiger partial charge in [0.05, 0.1) is 28.8 Å². The molecule has 0 radical (unpaired) electrons. The lowest BCUT2D eigenvalue weighted by atomic mass is 9.80. The van der Waals surface area contributed by atoms with Gasteiger partial charge < -0.3 is 5.32 Å². The minimum atomic E-state index is 0.0402. The Bertz CT molecular complexity index is 2530. The zero-order chi connectivity index (χ0) is 38.9. The van der Waals surface area contributed by atoms with Gasteiger partial charge >= 0.3 is 0 Å². The van der Waals surface area contributed by atoms with Crippen molar-refractivity contribution in [1.82, 2.24) is 15.3 Å². The van der Waals surface area contributed by atoms with Crippen molar-refractivity contribution in [3.63, 3.8) is 0 Å². The molecular weight excluding hydrogens is 681 g/mol. The summed E-state index contributed by atoms with van der Waals surface area (Å²) in [6.07, 6.45) is 33.6. The second-order valence-corrected chi connectivity index (χ2v) is 14.7. The summed E-state index contributed by atoms with van der Waals surface area (Å²) in [5.74, 6) is 0.456. The lowest BCUT2D eigenvalue weighted by molar-refractivity contribution is 0.421. The molecular formula is C52H52N4. The highest BCUT2D eigenvalue weighted by Crippen LogP contribution is 2.36. The van der Waals surface area contributed by atoms with Crippen LogP contribution in [0.5, 0.6) is 0 Å². The highest BCUT2D eigenvalue weighted by atomic mass is 14.9. The van der Waals surface area contributed by atoms with E-state index in [0.29, 0.717) is 0 Å². The highest BCUT2D eigenvalue weighted by molar-refractivity contribution is 6.08. The predicted molar refractivity (Wildman–Crippen MR) is 241 cm³/mol. The molecule has 4 atom stereocenters. The zero-order valence-corrected chi connectivity index (χ0v) is 32.7. The van der Waals surface area contributed by atoms with Crippen LogP contribution in [-0.2, 0) is 0 Å². The number of benzene rings is 3. The third-order valence-corrected chi connectivity index (χ3v) is 11.1. The number of dihydropyridines is 1. The van der Waals surface area contributed by atoms with E-state index in [2.05, 4.69) is 151 Å². The van der Waals surface area contributed by atoms with E-state index >= 15 is 0 Å². The first-order chi connectivity index (χ1) is 27.5. The molecule has 3 heterocycles. The number of aliphatic imine (C=N–C) groups is 1. The van der Waals surface area contributed by atoms with Gasteiger partial charge in [0.1, 0.15) is 0 Å². The fourth-order valence-corrected chi connectivity index (χ4v) is 8.06. The first-order valence-electron chi connectivity index (χ1n) is 19.9. The molecule has 1 aliphatic carbocycles. The Balaban J connectivity index is 1.04. The second-order valence-electron chi connectivity index (χ2n) is 14.7. The first-order valence-corrected chi connectivity index (χ1v) is 19.9. The van der Waals surface area contributed by atoms with Crippen molar-refractivity contribution in [3.05, 3.63) is 192 Å². The molecule has 56 heavy (non-hydrogen) atoms. The molecule has 280 valence electrons. The largest absolute Gasteiger partial charge is 0.306 e. The highest BCUT2D eigenvalue weighted by Gasteiger charge is 2.26. The molecule has 3 aromatic carbocycles. The van der Waals surface area contributed by atoms with Gasteiger partial charge in [-0.1, -0.05) is 129 Å². The monoisotopic (exact) mass is 732 g/mol. The molecule has 0 saturated heterocycles. The van der Waals surface area contributed by atoms with Gasteiger partial charge in [0, 0.05) is 29.1 Å². The van der Waals surface area contributed by atoms with Crippen LogP contribution in [0, 0.1) is 5.92 Å². The van der Waals surface area contributed by atoms with Crippen LogP contribution in [0.2, 0.25) is 0 Å². The topological polar surface area (TPSA) is 50.2 Å². The molecule has 7 rings (SSSR count). The number of hydrogen-bond donors (Lipinski definition) is 1. The number of pyridine rings is 2. The minimum absolute atomic E-state index is 0.0402. The molecule has 0 bridgehead atoms. The Morgan fingerprint density at radius 2 is 1.70 bits per heavy atom. The van der Waals surface area contributed by atoms with Crippen molar-refractivity contribution in [2.45, 2.75) is 57.5 Å². The normalized spacial score (nSPS) is 17.7. The van der Waals surface area contributed by atoms with Crippen LogP contribution in [-0.4, -0.2) is 28.3 Å². The maximum atomic E-state index is 5.15. The third kappa shape index (κ3) is 8.46. The van der Waals surface area contributed by atoms with E-state index in [9.17, 15) is 0 Å². The minimum Gasteiger partial charge on any atom is -0.306 e. The number of nitrogens with one attached hydrogen (secondary N) is 1. The average Bonchev–Trinajstić information content (AvgIpc) is 3.25. The third-order valence-electron chi connectivity index (χ3n) is 11.1. The van der Waals surface area contributed by atoms with Crippen LogP contribution in [0.4, 0.5) is 0 Å². The van der Waals surface area contributed by atoms with Crippen LogP contribution >= 0.6 is 0 Å². The molecule has 2 unspecified atom stereocenters. The summed E-state index contributed by atoms with van der Waals surface area (Å²) < 4.78 is 0. The molecule has 2 aliphatic rings. The lowest BCUT2D eigenvalue weighted by Gasteiger charge is -2.29. The van der Waals surface area contributed by atoms with E-state index in [0.717, 1.165) is 59.8 Å². The summed E-state index contributed by atoms with van der Waals surface area (Å²) in [7, 11) is 0. The molecule has 0 fully saturated rings. The van der Waals surface area contributed by atoms with E-state index < -0.39 is 0 Å². The maximum Gasteiger partial charge on any atom is 0.0881 e. The van der Waals surface area contributed by atoms with Gasteiger partial charge in [-0.2, -0.15) is 0 Å². The Labute approximate surface area is 332 Å². The van der Waals surface area contributed by atoms with Crippen molar-refractivity contribution in [3.8, 4) is 0 Å².